The van der Waals surface area contributed by atoms with Crippen LogP contribution in [0.15, 0.2) is 30.5 Å². The Morgan fingerprint density at radius 2 is 1.87 bits per heavy atom. The Bertz CT molecular complexity index is 828. The van der Waals surface area contributed by atoms with Gasteiger partial charge in [-0.2, -0.15) is 0 Å². The maximum atomic E-state index is 4.96. The van der Waals surface area contributed by atoms with Crippen LogP contribution in [0.3, 0.4) is 0 Å². The van der Waals surface area contributed by atoms with Crippen LogP contribution in [0.5, 0.6) is 0 Å². The molecule has 0 N–H and O–H groups in total. The van der Waals surface area contributed by atoms with Crippen LogP contribution in [0, 0.1) is 5.92 Å². The fourth-order valence-corrected chi connectivity index (χ4v) is 3.61. The normalized spacial score (nSPS) is 15.9. The van der Waals surface area contributed by atoms with Crippen molar-refractivity contribution in [2.24, 2.45) is 5.92 Å². The summed E-state index contributed by atoms with van der Waals surface area (Å²) in [4.78, 5) is 12.1. The van der Waals surface area contributed by atoms with Crippen LogP contribution in [0.1, 0.15) is 38.8 Å². The van der Waals surface area contributed by atoms with Crippen molar-refractivity contribution in [3.8, 4) is 0 Å². The predicted octanol–water partition coefficient (Wildman–Crippen LogP) is 4.07. The van der Waals surface area contributed by atoms with Gasteiger partial charge in [0.2, 0.25) is 0 Å². The minimum absolute atomic E-state index is 0.611. The van der Waals surface area contributed by atoms with Crippen molar-refractivity contribution in [1.29, 1.82) is 0 Å². The van der Waals surface area contributed by atoms with Crippen molar-refractivity contribution in [2.45, 2.75) is 39.5 Å². The molecule has 0 atom stereocenters. The lowest BCUT2D eigenvalue weighted by atomic mass is 10.1. The highest BCUT2D eigenvalue weighted by atomic mass is 15.2. The third-order valence-corrected chi connectivity index (χ3v) is 4.66. The fourth-order valence-electron chi connectivity index (χ4n) is 3.61. The molecule has 4 rings (SSSR count). The standard InChI is InChI=1S/C19H24N4/c1-14(2)12-15-13-20-18-19(22-10-6-3-7-11-22)21-16-8-4-5-9-17(16)23(15)18/h4-5,8-9,13-14H,3,6-7,10-12H2,1-2H3. The van der Waals surface area contributed by atoms with Crippen LogP contribution in [0.4, 0.5) is 5.82 Å². The minimum atomic E-state index is 0.611. The molecule has 0 amide bonds. The molecular formula is C19H24N4. The van der Waals surface area contributed by atoms with Gasteiger partial charge in [-0.15, -0.1) is 0 Å². The summed E-state index contributed by atoms with van der Waals surface area (Å²) in [6.07, 6.45) is 6.90. The number of benzene rings is 1. The zero-order chi connectivity index (χ0) is 15.8. The van der Waals surface area contributed by atoms with Gasteiger partial charge in [0.05, 0.1) is 11.0 Å². The second-order valence-corrected chi connectivity index (χ2v) is 6.98. The van der Waals surface area contributed by atoms with Gasteiger partial charge in [0.15, 0.2) is 11.5 Å². The number of aromatic nitrogens is 3. The Balaban J connectivity index is 1.96. The topological polar surface area (TPSA) is 33.4 Å². The van der Waals surface area contributed by atoms with Gasteiger partial charge in [0.25, 0.3) is 0 Å². The average molecular weight is 308 g/mol. The summed E-state index contributed by atoms with van der Waals surface area (Å²) in [7, 11) is 0. The van der Waals surface area contributed by atoms with Gasteiger partial charge in [-0.3, -0.25) is 4.40 Å². The number of hydrogen-bond acceptors (Lipinski definition) is 3. The van der Waals surface area contributed by atoms with Crippen molar-refractivity contribution >= 4 is 22.5 Å². The molecule has 120 valence electrons. The molecule has 23 heavy (non-hydrogen) atoms. The summed E-state index contributed by atoms with van der Waals surface area (Å²) in [5.74, 6) is 1.67. The highest BCUT2D eigenvalue weighted by Crippen LogP contribution is 2.28. The molecule has 4 nitrogen and oxygen atoms in total. The summed E-state index contributed by atoms with van der Waals surface area (Å²) in [5.41, 5.74) is 4.52. The van der Waals surface area contributed by atoms with E-state index in [0.29, 0.717) is 5.92 Å². The molecule has 0 unspecified atom stereocenters. The lowest BCUT2D eigenvalue weighted by Crippen LogP contribution is -2.30. The van der Waals surface area contributed by atoms with Gasteiger partial charge in [0, 0.05) is 25.0 Å². The summed E-state index contributed by atoms with van der Waals surface area (Å²) in [6.45, 7) is 6.70. The molecule has 0 bridgehead atoms. The molecule has 1 saturated heterocycles. The molecule has 4 heteroatoms. The van der Waals surface area contributed by atoms with Crippen LogP contribution in [-0.4, -0.2) is 27.5 Å². The molecule has 1 fully saturated rings. The maximum Gasteiger partial charge on any atom is 0.181 e. The van der Waals surface area contributed by atoms with Crippen molar-refractivity contribution in [3.05, 3.63) is 36.2 Å². The first-order valence-electron chi connectivity index (χ1n) is 8.74. The van der Waals surface area contributed by atoms with E-state index in [1.807, 2.05) is 6.20 Å². The van der Waals surface area contributed by atoms with Crippen LogP contribution in [0.25, 0.3) is 16.7 Å². The van der Waals surface area contributed by atoms with Crippen molar-refractivity contribution in [1.82, 2.24) is 14.4 Å². The van der Waals surface area contributed by atoms with E-state index in [2.05, 4.69) is 47.4 Å². The van der Waals surface area contributed by atoms with Crippen LogP contribution >= 0.6 is 0 Å². The van der Waals surface area contributed by atoms with Crippen LogP contribution in [-0.2, 0) is 6.42 Å². The molecule has 0 spiro atoms. The highest BCUT2D eigenvalue weighted by molar-refractivity contribution is 5.83. The van der Waals surface area contributed by atoms with Gasteiger partial charge in [0.1, 0.15) is 0 Å². The minimum Gasteiger partial charge on any atom is -0.354 e. The highest BCUT2D eigenvalue weighted by Gasteiger charge is 2.20. The number of piperidine rings is 1. The average Bonchev–Trinajstić information content (AvgIpc) is 2.98. The van der Waals surface area contributed by atoms with E-state index in [-0.39, 0.29) is 0 Å². The second-order valence-electron chi connectivity index (χ2n) is 6.98. The van der Waals surface area contributed by atoms with Crippen LogP contribution < -0.4 is 4.90 Å². The van der Waals surface area contributed by atoms with Crippen LogP contribution in [0.2, 0.25) is 0 Å². The third-order valence-electron chi connectivity index (χ3n) is 4.66. The summed E-state index contributed by atoms with van der Waals surface area (Å²) < 4.78 is 2.33. The zero-order valence-corrected chi connectivity index (χ0v) is 14.0. The molecule has 0 saturated carbocycles. The molecule has 0 aliphatic carbocycles. The SMILES string of the molecule is CC(C)Cc1cnc2c(N3CCCCC3)nc3ccccc3n12. The summed E-state index contributed by atoms with van der Waals surface area (Å²) in [6, 6.07) is 8.42. The predicted molar refractivity (Wildman–Crippen MR) is 95.1 cm³/mol. The van der Waals surface area contributed by atoms with Crippen molar-refractivity contribution in [3.63, 3.8) is 0 Å². The first kappa shape index (κ1) is 14.5. The Hall–Kier alpha value is -2.10. The first-order valence-corrected chi connectivity index (χ1v) is 8.74. The van der Waals surface area contributed by atoms with Gasteiger partial charge >= 0.3 is 0 Å². The molecule has 1 aliphatic rings. The van der Waals surface area contributed by atoms with E-state index in [1.165, 1.54) is 25.0 Å². The van der Waals surface area contributed by atoms with E-state index in [4.69, 9.17) is 9.97 Å². The molecule has 1 aromatic carbocycles. The van der Waals surface area contributed by atoms with E-state index in [1.54, 1.807) is 0 Å². The number of nitrogens with zero attached hydrogens (tertiary/aromatic N) is 4. The Morgan fingerprint density at radius 3 is 2.65 bits per heavy atom. The summed E-state index contributed by atoms with van der Waals surface area (Å²) >= 11 is 0. The number of fused-ring (bicyclic) bond motifs is 3. The first-order chi connectivity index (χ1) is 11.2. The molecule has 3 heterocycles. The van der Waals surface area contributed by atoms with Gasteiger partial charge in [-0.1, -0.05) is 26.0 Å². The van der Waals surface area contributed by atoms with E-state index in [0.717, 1.165) is 42.0 Å². The number of para-hydroxylation sites is 2. The fraction of sp³-hybridized carbons (Fsp3) is 0.474. The van der Waals surface area contributed by atoms with Gasteiger partial charge in [-0.05, 0) is 43.7 Å². The number of imidazole rings is 1. The zero-order valence-electron chi connectivity index (χ0n) is 14.0. The second kappa shape index (κ2) is 5.84. The van der Waals surface area contributed by atoms with E-state index >= 15 is 0 Å². The Kier molecular flexibility index (Phi) is 3.68. The maximum absolute atomic E-state index is 4.96. The van der Waals surface area contributed by atoms with Gasteiger partial charge in [-0.25, -0.2) is 9.97 Å². The van der Waals surface area contributed by atoms with Crippen molar-refractivity contribution in [2.75, 3.05) is 18.0 Å². The van der Waals surface area contributed by atoms with Gasteiger partial charge < -0.3 is 4.90 Å². The third kappa shape index (κ3) is 2.56. The smallest absolute Gasteiger partial charge is 0.181 e. The Morgan fingerprint density at radius 1 is 1.09 bits per heavy atom. The molecular weight excluding hydrogens is 284 g/mol. The van der Waals surface area contributed by atoms with Crippen molar-refractivity contribution < 1.29 is 0 Å². The number of rotatable bonds is 3. The monoisotopic (exact) mass is 308 g/mol. The summed E-state index contributed by atoms with van der Waals surface area (Å²) in [5, 5.41) is 0. The lowest BCUT2D eigenvalue weighted by molar-refractivity contribution is 0.574. The van der Waals surface area contributed by atoms with E-state index in [9.17, 15) is 0 Å². The molecule has 1 aliphatic heterocycles. The largest absolute Gasteiger partial charge is 0.354 e. The molecule has 2 aromatic heterocycles. The molecule has 3 aromatic rings. The number of anilines is 1. The molecule has 0 radical (unpaired) electrons. The lowest BCUT2D eigenvalue weighted by Gasteiger charge is -2.28. The number of hydrogen-bond donors (Lipinski definition) is 0. The quantitative estimate of drug-likeness (QED) is 0.731. The van der Waals surface area contributed by atoms with E-state index < -0.39 is 0 Å². The Labute approximate surface area is 137 Å².